The Balaban J connectivity index is 0.000000325. The summed E-state index contributed by atoms with van der Waals surface area (Å²) in [7, 11) is 0. The molecule has 0 N–H and O–H groups in total. The van der Waals surface area contributed by atoms with Crippen LogP contribution in [0.25, 0.3) is 0 Å². The lowest BCUT2D eigenvalue weighted by atomic mass is 10.1. The number of hydrogen-bond acceptors (Lipinski definition) is 1. The summed E-state index contributed by atoms with van der Waals surface area (Å²) in [5.41, 5.74) is 1.23. The van der Waals surface area contributed by atoms with Crippen molar-refractivity contribution < 1.29 is 4.79 Å². The molecule has 0 spiro atoms. The van der Waals surface area contributed by atoms with E-state index in [9.17, 15) is 4.79 Å². The molecule has 1 aromatic carbocycles. The minimum atomic E-state index is -2.36. The standard InChI is InChI=1S/C9H10O.C3H5Cl3Si/c10-8-4-7-9-5-2-1-3-6-9;1-2-3-7(4,5)6/h1-3,5-6,8H,4,7H2;2H,1,3H2. The van der Waals surface area contributed by atoms with Crippen LogP contribution in [0.3, 0.4) is 0 Å². The van der Waals surface area contributed by atoms with Crippen LogP contribution >= 0.6 is 33.2 Å². The van der Waals surface area contributed by atoms with E-state index in [1.807, 2.05) is 30.3 Å². The molecule has 94 valence electrons. The summed E-state index contributed by atoms with van der Waals surface area (Å²) in [6.07, 6.45) is 4.07. The summed E-state index contributed by atoms with van der Waals surface area (Å²) in [4.78, 5) is 9.98. The Hall–Kier alpha value is -0.283. The van der Waals surface area contributed by atoms with Crippen LogP contribution in [-0.4, -0.2) is 12.3 Å². The molecule has 0 aliphatic rings. The molecule has 0 atom stereocenters. The zero-order chi connectivity index (χ0) is 13.1. The topological polar surface area (TPSA) is 17.1 Å². The number of hydrogen-bond donors (Lipinski definition) is 0. The highest BCUT2D eigenvalue weighted by Gasteiger charge is 2.21. The van der Waals surface area contributed by atoms with Crippen LogP contribution in [0.4, 0.5) is 0 Å². The van der Waals surface area contributed by atoms with Crippen molar-refractivity contribution in [3.8, 4) is 0 Å². The zero-order valence-electron chi connectivity index (χ0n) is 9.41. The van der Waals surface area contributed by atoms with Crippen molar-refractivity contribution in [1.82, 2.24) is 0 Å². The second-order valence-corrected chi connectivity index (χ2v) is 12.5. The summed E-state index contributed by atoms with van der Waals surface area (Å²) in [6, 6.07) is 8.19. The van der Waals surface area contributed by atoms with Crippen LogP contribution < -0.4 is 0 Å². The van der Waals surface area contributed by atoms with Gasteiger partial charge in [0.1, 0.15) is 6.29 Å². The van der Waals surface area contributed by atoms with E-state index in [0.29, 0.717) is 12.5 Å². The molecule has 0 aliphatic carbocycles. The Bertz CT molecular complexity index is 322. The van der Waals surface area contributed by atoms with Gasteiger partial charge in [-0.15, -0.1) is 39.8 Å². The molecule has 0 aromatic heterocycles. The number of carbonyl (C=O) groups is 1. The van der Waals surface area contributed by atoms with Gasteiger partial charge in [0, 0.05) is 12.5 Å². The second-order valence-electron chi connectivity index (χ2n) is 3.30. The Labute approximate surface area is 118 Å². The van der Waals surface area contributed by atoms with Crippen LogP contribution in [0.5, 0.6) is 0 Å². The molecule has 1 aromatic rings. The molecule has 0 bridgehead atoms. The highest BCUT2D eigenvalue weighted by atomic mass is 35.8. The van der Waals surface area contributed by atoms with E-state index in [1.165, 1.54) is 5.56 Å². The number of carbonyl (C=O) groups excluding carboxylic acids is 1. The van der Waals surface area contributed by atoms with Crippen LogP contribution in [0.15, 0.2) is 43.0 Å². The molecule has 5 heteroatoms. The van der Waals surface area contributed by atoms with E-state index in [-0.39, 0.29) is 0 Å². The maximum atomic E-state index is 9.98. The van der Waals surface area contributed by atoms with Crippen molar-refractivity contribution in [3.63, 3.8) is 0 Å². The predicted octanol–water partition coefficient (Wildman–Crippen LogP) is 4.65. The fraction of sp³-hybridized carbons (Fsp3) is 0.250. The molecule has 1 nitrogen and oxygen atoms in total. The van der Waals surface area contributed by atoms with E-state index >= 15 is 0 Å². The van der Waals surface area contributed by atoms with E-state index in [4.69, 9.17) is 33.2 Å². The summed E-state index contributed by atoms with van der Waals surface area (Å²) < 4.78 is 0. The smallest absolute Gasteiger partial charge is 0.303 e. The Morgan fingerprint density at radius 1 is 1.18 bits per heavy atom. The van der Waals surface area contributed by atoms with Gasteiger partial charge in [0.15, 0.2) is 0 Å². The van der Waals surface area contributed by atoms with Crippen LogP contribution in [0, 0.1) is 0 Å². The molecular formula is C12H15Cl3OSi. The summed E-state index contributed by atoms with van der Waals surface area (Å²) in [5, 5.41) is 0. The SMILES string of the molecule is C=CC[Si](Cl)(Cl)Cl.O=CCCc1ccccc1. The van der Waals surface area contributed by atoms with Gasteiger partial charge in [-0.25, -0.2) is 0 Å². The average Bonchev–Trinajstić information content (AvgIpc) is 2.27. The second kappa shape index (κ2) is 9.72. The van der Waals surface area contributed by atoms with Crippen LogP contribution in [0.2, 0.25) is 6.04 Å². The molecule has 17 heavy (non-hydrogen) atoms. The highest BCUT2D eigenvalue weighted by molar-refractivity contribution is 7.64. The van der Waals surface area contributed by atoms with Crippen molar-refractivity contribution in [2.75, 3.05) is 0 Å². The number of benzene rings is 1. The minimum absolute atomic E-state index is 0.539. The average molecular weight is 310 g/mol. The number of rotatable bonds is 5. The van der Waals surface area contributed by atoms with Gasteiger partial charge in [0.2, 0.25) is 0 Å². The van der Waals surface area contributed by atoms with Crippen molar-refractivity contribution >= 4 is 45.5 Å². The normalized spacial score (nSPS) is 10.1. The first kappa shape index (κ1) is 16.7. The molecule has 0 radical (unpaired) electrons. The Kier molecular flexibility index (Phi) is 9.56. The lowest BCUT2D eigenvalue weighted by molar-refractivity contribution is -0.107. The molecule has 0 saturated heterocycles. The first-order chi connectivity index (χ1) is 7.99. The fourth-order valence-corrected chi connectivity index (χ4v) is 2.34. The van der Waals surface area contributed by atoms with Crippen LogP contribution in [0.1, 0.15) is 12.0 Å². The molecule has 0 saturated carbocycles. The zero-order valence-corrected chi connectivity index (χ0v) is 12.7. The molecule has 0 amide bonds. The lowest BCUT2D eigenvalue weighted by Crippen LogP contribution is -2.05. The minimum Gasteiger partial charge on any atom is -0.303 e. The number of allylic oxidation sites excluding steroid dienone is 1. The van der Waals surface area contributed by atoms with Gasteiger partial charge in [0.05, 0.1) is 0 Å². The van der Waals surface area contributed by atoms with Gasteiger partial charge in [-0.1, -0.05) is 36.4 Å². The van der Waals surface area contributed by atoms with E-state index in [2.05, 4.69) is 6.58 Å². The third kappa shape index (κ3) is 12.0. The Morgan fingerprint density at radius 3 is 2.12 bits per heavy atom. The maximum absolute atomic E-state index is 9.98. The quantitative estimate of drug-likeness (QED) is 0.335. The Morgan fingerprint density at radius 2 is 1.76 bits per heavy atom. The summed E-state index contributed by atoms with van der Waals surface area (Å²) in [6.45, 7) is 3.43. The molecule has 0 aliphatic heterocycles. The van der Waals surface area contributed by atoms with Crippen molar-refractivity contribution in [3.05, 3.63) is 48.6 Å². The molecular weight excluding hydrogens is 295 g/mol. The molecule has 0 unspecified atom stereocenters. The van der Waals surface area contributed by atoms with Gasteiger partial charge in [-0.2, -0.15) is 0 Å². The van der Waals surface area contributed by atoms with Gasteiger partial charge in [-0.3, -0.25) is 0 Å². The third-order valence-corrected chi connectivity index (χ3v) is 3.91. The maximum Gasteiger partial charge on any atom is 0.344 e. The number of halogens is 3. The molecule has 0 heterocycles. The van der Waals surface area contributed by atoms with Crippen molar-refractivity contribution in [2.24, 2.45) is 0 Å². The first-order valence-corrected chi connectivity index (χ1v) is 10.4. The summed E-state index contributed by atoms with van der Waals surface area (Å²) >= 11 is 16.3. The van der Waals surface area contributed by atoms with E-state index < -0.39 is 6.00 Å². The van der Waals surface area contributed by atoms with Gasteiger partial charge >= 0.3 is 6.00 Å². The largest absolute Gasteiger partial charge is 0.344 e. The third-order valence-electron chi connectivity index (χ3n) is 1.77. The monoisotopic (exact) mass is 308 g/mol. The van der Waals surface area contributed by atoms with Crippen LogP contribution in [-0.2, 0) is 11.2 Å². The number of aryl methyl sites for hydroxylation is 1. The van der Waals surface area contributed by atoms with Gasteiger partial charge in [0.25, 0.3) is 0 Å². The van der Waals surface area contributed by atoms with E-state index in [0.717, 1.165) is 12.7 Å². The van der Waals surface area contributed by atoms with Crippen molar-refractivity contribution in [2.45, 2.75) is 18.9 Å². The fourth-order valence-electron chi connectivity index (χ4n) is 1.03. The predicted molar refractivity (Wildman–Crippen MR) is 79.1 cm³/mol. The lowest BCUT2D eigenvalue weighted by Gasteiger charge is -1.99. The summed E-state index contributed by atoms with van der Waals surface area (Å²) in [5.74, 6) is 0. The first-order valence-electron chi connectivity index (χ1n) is 5.15. The van der Waals surface area contributed by atoms with E-state index in [1.54, 1.807) is 6.08 Å². The molecule has 0 fully saturated rings. The number of aldehydes is 1. The van der Waals surface area contributed by atoms with Crippen molar-refractivity contribution in [1.29, 1.82) is 0 Å². The highest BCUT2D eigenvalue weighted by Crippen LogP contribution is 2.24. The van der Waals surface area contributed by atoms with Gasteiger partial charge < -0.3 is 4.79 Å². The van der Waals surface area contributed by atoms with Gasteiger partial charge in [-0.05, 0) is 12.0 Å². The molecule has 1 rings (SSSR count).